The third kappa shape index (κ3) is 8.81. The number of rotatable bonds is 10. The number of carbonyl (C=O) groups excluding carboxylic acids is 2. The number of amides is 1. The summed E-state index contributed by atoms with van der Waals surface area (Å²) in [4.78, 5) is 28.9. The Hall–Kier alpha value is -3.98. The predicted octanol–water partition coefficient (Wildman–Crippen LogP) is 3.80. The summed E-state index contributed by atoms with van der Waals surface area (Å²) in [5.74, 6) is 5.96. The van der Waals surface area contributed by atoms with Crippen LogP contribution in [-0.4, -0.2) is 70.7 Å². The summed E-state index contributed by atoms with van der Waals surface area (Å²) in [5, 5.41) is 16.3. The van der Waals surface area contributed by atoms with Crippen LogP contribution in [-0.2, 0) is 47.7 Å². The number of nitrogens with zero attached hydrogens (tertiary/aromatic N) is 2. The van der Waals surface area contributed by atoms with Crippen molar-refractivity contribution >= 4 is 25.3 Å². The van der Waals surface area contributed by atoms with E-state index in [4.69, 9.17) is 18.7 Å². The molecule has 45 heavy (non-hydrogen) atoms. The molecule has 0 aliphatic carbocycles. The molecule has 3 N–H and O–H groups in total. The molecule has 0 spiro atoms. The molecule has 1 amide bonds. The van der Waals surface area contributed by atoms with Crippen molar-refractivity contribution in [2.24, 2.45) is 0 Å². The summed E-state index contributed by atoms with van der Waals surface area (Å²) < 4.78 is 36.5. The van der Waals surface area contributed by atoms with Gasteiger partial charge in [-0.25, -0.2) is 9.78 Å². The lowest BCUT2D eigenvalue weighted by Gasteiger charge is -2.25. The van der Waals surface area contributed by atoms with Crippen molar-refractivity contribution in [2.75, 3.05) is 25.2 Å². The van der Waals surface area contributed by atoms with Crippen molar-refractivity contribution in [3.8, 4) is 11.8 Å². The second-order valence-electron chi connectivity index (χ2n) is 11.0. The highest BCUT2D eigenvalue weighted by molar-refractivity contribution is 7.56. The van der Waals surface area contributed by atoms with Crippen molar-refractivity contribution < 1.29 is 38.0 Å². The normalized spacial score (nSPS) is 21.9. The maximum absolute atomic E-state index is 12.9. The molecule has 238 valence electrons. The van der Waals surface area contributed by atoms with Crippen LogP contribution in [0, 0.1) is 18.8 Å². The van der Waals surface area contributed by atoms with Gasteiger partial charge in [-0.05, 0) is 42.2 Å². The number of hydrogen-bond donors (Lipinski definition) is 3. The monoisotopic (exact) mass is 636 g/mol. The third-order valence-corrected chi connectivity index (χ3v) is 9.46. The van der Waals surface area contributed by atoms with Crippen LogP contribution in [0.2, 0.25) is 0 Å². The molecular formula is C32H37N4O8P. The highest BCUT2D eigenvalue weighted by Crippen LogP contribution is 2.45. The first-order chi connectivity index (χ1) is 21.7. The Labute approximate surface area is 261 Å². The molecule has 1 aromatic heterocycles. The van der Waals surface area contributed by atoms with Gasteiger partial charge in [-0.1, -0.05) is 48.2 Å². The second-order valence-corrected chi connectivity index (χ2v) is 13.3. The number of aromatic nitrogens is 2. The Bertz CT molecular complexity index is 1600. The Balaban J connectivity index is 1.01. The van der Waals surface area contributed by atoms with Crippen LogP contribution in [0.3, 0.4) is 0 Å². The first kappa shape index (κ1) is 32.4. The van der Waals surface area contributed by atoms with Gasteiger partial charge in [0.2, 0.25) is 0 Å². The molecule has 3 aromatic rings. The van der Waals surface area contributed by atoms with Gasteiger partial charge in [0.25, 0.3) is 7.52 Å². The molecule has 2 aromatic carbocycles. The van der Waals surface area contributed by atoms with Gasteiger partial charge in [0.15, 0.2) is 6.61 Å². The van der Waals surface area contributed by atoms with Gasteiger partial charge in [-0.15, -0.1) is 0 Å². The fraction of sp³-hybridized carbons (Fsp3) is 0.406. The zero-order valence-corrected chi connectivity index (χ0v) is 26.1. The summed E-state index contributed by atoms with van der Waals surface area (Å²) in [6.45, 7) is 3.77. The van der Waals surface area contributed by atoms with Crippen LogP contribution >= 0.6 is 7.52 Å². The molecular weight excluding hydrogens is 599 g/mol. The van der Waals surface area contributed by atoms with E-state index < -0.39 is 37.8 Å². The van der Waals surface area contributed by atoms with Gasteiger partial charge in [0.1, 0.15) is 24.6 Å². The molecule has 2 aliphatic heterocycles. The maximum atomic E-state index is 12.9. The van der Waals surface area contributed by atoms with Crippen molar-refractivity contribution in [2.45, 2.75) is 63.7 Å². The van der Waals surface area contributed by atoms with Crippen molar-refractivity contribution in [3.05, 3.63) is 83.4 Å². The summed E-state index contributed by atoms with van der Waals surface area (Å²) in [5.41, 5.74) is 3.47. The average molecular weight is 637 g/mol. The van der Waals surface area contributed by atoms with Crippen molar-refractivity contribution in [1.29, 1.82) is 0 Å². The van der Waals surface area contributed by atoms with E-state index in [1.54, 1.807) is 25.4 Å². The van der Waals surface area contributed by atoms with Gasteiger partial charge in [-0.2, -0.15) is 0 Å². The SMILES string of the molecule is Cc1nccn1P(C)(=O)OC[C@H]1O[C@@H](CC#CCOC(=O)C2Cc3ccc(NC(=O)OCc4ccccc4)cc3CN2)CC1O. The van der Waals surface area contributed by atoms with E-state index in [0.717, 1.165) is 16.7 Å². The van der Waals surface area contributed by atoms with Gasteiger partial charge < -0.3 is 29.2 Å². The van der Waals surface area contributed by atoms with E-state index >= 15 is 0 Å². The predicted molar refractivity (Wildman–Crippen MR) is 166 cm³/mol. The molecule has 2 aliphatic rings. The Morgan fingerprint density at radius 2 is 2.00 bits per heavy atom. The van der Waals surface area contributed by atoms with Gasteiger partial charge >= 0.3 is 12.1 Å². The number of carbonyl (C=O) groups is 2. The highest BCUT2D eigenvalue weighted by Gasteiger charge is 2.35. The summed E-state index contributed by atoms with van der Waals surface area (Å²) in [6, 6.07) is 14.5. The molecule has 1 fully saturated rings. The fourth-order valence-corrected chi connectivity index (χ4v) is 6.63. The number of nitrogens with one attached hydrogen (secondary N) is 2. The number of hydrogen-bond acceptors (Lipinski definition) is 10. The minimum absolute atomic E-state index is 0.0231. The first-order valence-corrected chi connectivity index (χ1v) is 16.7. The van der Waals surface area contributed by atoms with Crippen molar-refractivity contribution in [3.63, 3.8) is 0 Å². The Kier molecular flexibility index (Phi) is 10.7. The summed E-state index contributed by atoms with van der Waals surface area (Å²) in [6.07, 6.45) is 2.08. The minimum Gasteiger partial charge on any atom is -0.451 e. The van der Waals surface area contributed by atoms with Crippen LogP contribution in [0.4, 0.5) is 10.5 Å². The lowest BCUT2D eigenvalue weighted by atomic mass is 9.95. The molecule has 0 saturated carbocycles. The molecule has 5 rings (SSSR count). The van der Waals surface area contributed by atoms with E-state index in [1.807, 2.05) is 42.5 Å². The summed E-state index contributed by atoms with van der Waals surface area (Å²) in [7, 11) is -3.16. The number of ether oxygens (including phenoxy) is 3. The zero-order chi connectivity index (χ0) is 31.8. The Morgan fingerprint density at radius 3 is 2.78 bits per heavy atom. The van der Waals surface area contributed by atoms with Crippen LogP contribution < -0.4 is 10.6 Å². The molecule has 3 heterocycles. The number of anilines is 1. The van der Waals surface area contributed by atoms with E-state index in [0.29, 0.717) is 37.3 Å². The standard InChI is InChI=1S/C32H37N4O8P/c1-22-33-13-14-36(22)45(2,40)43-21-30-29(37)18-27(44-30)10-6-7-15-41-31(38)28-17-24-11-12-26(16-25(24)19-34-28)35-32(39)42-20-23-8-4-3-5-9-23/h3-5,8-9,11-14,16,27-30,34,37H,10,15,17-21H2,1-2H3,(H,35,39)/t27-,28?,29?,30+,45?/m0/s1. The minimum atomic E-state index is -3.16. The Morgan fingerprint density at radius 1 is 1.18 bits per heavy atom. The number of aryl methyl sites for hydroxylation is 1. The number of aliphatic hydroxyl groups excluding tert-OH is 1. The second kappa shape index (κ2) is 14.9. The van der Waals surface area contributed by atoms with Crippen LogP contribution in [0.5, 0.6) is 0 Å². The van der Waals surface area contributed by atoms with Gasteiger partial charge in [0, 0.05) is 44.1 Å². The van der Waals surface area contributed by atoms with Crippen LogP contribution in [0.15, 0.2) is 60.9 Å². The smallest absolute Gasteiger partial charge is 0.411 e. The number of esters is 1. The summed E-state index contributed by atoms with van der Waals surface area (Å²) >= 11 is 0. The number of fused-ring (bicyclic) bond motifs is 1. The lowest BCUT2D eigenvalue weighted by Crippen LogP contribution is -2.42. The van der Waals surface area contributed by atoms with E-state index in [-0.39, 0.29) is 25.9 Å². The fourth-order valence-electron chi connectivity index (χ4n) is 5.21. The number of benzene rings is 2. The average Bonchev–Trinajstić information content (AvgIpc) is 3.64. The molecule has 13 heteroatoms. The topological polar surface area (TPSA) is 150 Å². The third-order valence-electron chi connectivity index (χ3n) is 7.63. The number of imidazole rings is 1. The molecule has 12 nitrogen and oxygen atoms in total. The molecule has 0 bridgehead atoms. The molecule has 5 atom stereocenters. The van der Waals surface area contributed by atoms with Gasteiger partial charge in [0.05, 0.1) is 18.8 Å². The van der Waals surface area contributed by atoms with E-state index in [1.165, 1.54) is 11.0 Å². The van der Waals surface area contributed by atoms with Crippen LogP contribution in [0.25, 0.3) is 0 Å². The first-order valence-electron chi connectivity index (χ1n) is 14.7. The van der Waals surface area contributed by atoms with E-state index in [9.17, 15) is 19.3 Å². The maximum Gasteiger partial charge on any atom is 0.411 e. The highest BCUT2D eigenvalue weighted by atomic mass is 31.2. The quantitative estimate of drug-likeness (QED) is 0.170. The van der Waals surface area contributed by atoms with Crippen LogP contribution in [0.1, 0.15) is 35.4 Å². The molecule has 0 radical (unpaired) electrons. The van der Waals surface area contributed by atoms with E-state index in [2.05, 4.69) is 27.5 Å². The lowest BCUT2D eigenvalue weighted by molar-refractivity contribution is -0.144. The van der Waals surface area contributed by atoms with Crippen molar-refractivity contribution in [1.82, 2.24) is 14.6 Å². The molecule has 1 saturated heterocycles. The van der Waals surface area contributed by atoms with Gasteiger partial charge in [-0.3, -0.25) is 19.0 Å². The zero-order valence-electron chi connectivity index (χ0n) is 25.2. The molecule has 3 unspecified atom stereocenters. The number of aliphatic hydroxyl groups is 1. The largest absolute Gasteiger partial charge is 0.451 e.